The number of benzene rings is 2. The van der Waals surface area contributed by atoms with Gasteiger partial charge in [0.15, 0.2) is 0 Å². The Morgan fingerprint density at radius 2 is 1.38 bits per heavy atom. The minimum Gasteiger partial charge on any atom is -0.264 e. The fraction of sp³-hybridized carbons (Fsp3) is 0. The van der Waals surface area contributed by atoms with Gasteiger partial charge < -0.3 is 0 Å². The summed E-state index contributed by atoms with van der Waals surface area (Å²) in [7, 11) is 0. The van der Waals surface area contributed by atoms with E-state index in [2.05, 4.69) is 87.2 Å². The van der Waals surface area contributed by atoms with Crippen LogP contribution in [-0.4, -0.2) is 15.0 Å². The Kier molecular flexibility index (Phi) is 4.77. The highest BCUT2D eigenvalue weighted by atomic mass is 127. The first-order valence-corrected chi connectivity index (χ1v) is 10.4. The fourth-order valence-corrected chi connectivity index (χ4v) is 3.71. The fourth-order valence-electron chi connectivity index (χ4n) is 3.35. The van der Waals surface area contributed by atoms with Crippen molar-refractivity contribution >= 4 is 33.5 Å². The van der Waals surface area contributed by atoms with E-state index in [0.29, 0.717) is 0 Å². The lowest BCUT2D eigenvalue weighted by molar-refractivity contribution is 1.28. The molecule has 29 heavy (non-hydrogen) atoms. The van der Waals surface area contributed by atoms with Crippen LogP contribution >= 0.6 is 22.6 Å². The molecule has 4 heteroatoms. The number of rotatable bonds is 3. The molecule has 0 spiro atoms. The van der Waals surface area contributed by atoms with Crippen molar-refractivity contribution in [3.8, 4) is 33.5 Å². The molecule has 0 amide bonds. The molecule has 3 nitrogen and oxygen atoms in total. The monoisotopic (exact) mass is 485 g/mol. The van der Waals surface area contributed by atoms with E-state index >= 15 is 0 Å². The average Bonchev–Trinajstić information content (AvgIpc) is 2.80. The Bertz CT molecular complexity index is 1280. The molecule has 0 unspecified atom stereocenters. The standard InChI is InChI=1S/C25H16IN3/c26-23-8-5-17(6-9-23)18-3-4-19-12-22(16-29-25(19)13-18)20-7-10-24(28-15-20)21-2-1-11-27-14-21/h1-16H. The first kappa shape index (κ1) is 17.9. The summed E-state index contributed by atoms with van der Waals surface area (Å²) in [5.74, 6) is 0. The Hall–Kier alpha value is -3.12. The smallest absolute Gasteiger partial charge is 0.0717 e. The van der Waals surface area contributed by atoms with Gasteiger partial charge >= 0.3 is 0 Å². The van der Waals surface area contributed by atoms with Crippen molar-refractivity contribution in [1.82, 2.24) is 15.0 Å². The Balaban J connectivity index is 1.47. The van der Waals surface area contributed by atoms with Gasteiger partial charge in [0.1, 0.15) is 0 Å². The molecule has 0 radical (unpaired) electrons. The zero-order valence-corrected chi connectivity index (χ0v) is 17.6. The highest BCUT2D eigenvalue weighted by Gasteiger charge is 2.05. The van der Waals surface area contributed by atoms with Crippen molar-refractivity contribution in [2.75, 3.05) is 0 Å². The topological polar surface area (TPSA) is 38.7 Å². The Morgan fingerprint density at radius 1 is 0.586 bits per heavy atom. The Morgan fingerprint density at radius 3 is 2.14 bits per heavy atom. The zero-order valence-electron chi connectivity index (χ0n) is 15.5. The van der Waals surface area contributed by atoms with Crippen molar-refractivity contribution in [2.24, 2.45) is 0 Å². The number of fused-ring (bicyclic) bond motifs is 1. The summed E-state index contributed by atoms with van der Waals surface area (Å²) >= 11 is 2.32. The second kappa shape index (κ2) is 7.72. The van der Waals surface area contributed by atoms with Crippen LogP contribution in [0.1, 0.15) is 0 Å². The maximum absolute atomic E-state index is 4.70. The van der Waals surface area contributed by atoms with Gasteiger partial charge in [0, 0.05) is 50.4 Å². The highest BCUT2D eigenvalue weighted by molar-refractivity contribution is 14.1. The molecule has 2 aromatic carbocycles. The predicted octanol–water partition coefficient (Wildman–Crippen LogP) is 6.63. The van der Waals surface area contributed by atoms with E-state index in [1.54, 1.807) is 6.20 Å². The number of hydrogen-bond acceptors (Lipinski definition) is 3. The average molecular weight is 485 g/mol. The van der Waals surface area contributed by atoms with Crippen LogP contribution in [0.15, 0.2) is 97.6 Å². The molecule has 138 valence electrons. The van der Waals surface area contributed by atoms with Crippen molar-refractivity contribution < 1.29 is 0 Å². The van der Waals surface area contributed by atoms with Crippen LogP contribution in [0.3, 0.4) is 0 Å². The SMILES string of the molecule is Ic1ccc(-c2ccc3cc(-c4ccc(-c5cccnc5)nc4)cnc3c2)cc1. The van der Waals surface area contributed by atoms with Gasteiger partial charge in [-0.05, 0) is 76.2 Å². The molecule has 0 fully saturated rings. The minimum atomic E-state index is 0.915. The number of halogens is 1. The van der Waals surface area contributed by atoms with E-state index in [-0.39, 0.29) is 0 Å². The summed E-state index contributed by atoms with van der Waals surface area (Å²) in [6, 6.07) is 25.2. The van der Waals surface area contributed by atoms with Crippen LogP contribution in [0.25, 0.3) is 44.4 Å². The van der Waals surface area contributed by atoms with Gasteiger partial charge in [0.25, 0.3) is 0 Å². The molecule has 0 saturated carbocycles. The predicted molar refractivity (Wildman–Crippen MR) is 126 cm³/mol. The van der Waals surface area contributed by atoms with Crippen molar-refractivity contribution in [2.45, 2.75) is 0 Å². The molecule has 3 aromatic heterocycles. The summed E-state index contributed by atoms with van der Waals surface area (Å²) in [5.41, 5.74) is 7.41. The van der Waals surface area contributed by atoms with Crippen molar-refractivity contribution in [3.05, 3.63) is 101 Å². The van der Waals surface area contributed by atoms with Gasteiger partial charge in [0.2, 0.25) is 0 Å². The summed E-state index contributed by atoms with van der Waals surface area (Å²) < 4.78 is 1.23. The lowest BCUT2D eigenvalue weighted by atomic mass is 10.0. The zero-order chi connectivity index (χ0) is 19.6. The van der Waals surface area contributed by atoms with Gasteiger partial charge in [-0.25, -0.2) is 0 Å². The molecule has 0 atom stereocenters. The van der Waals surface area contributed by atoms with Gasteiger partial charge in [-0.1, -0.05) is 30.3 Å². The third-order valence-corrected chi connectivity index (χ3v) is 5.63. The van der Waals surface area contributed by atoms with Crippen LogP contribution < -0.4 is 0 Å². The largest absolute Gasteiger partial charge is 0.264 e. The first-order chi connectivity index (χ1) is 14.3. The van der Waals surface area contributed by atoms with Crippen molar-refractivity contribution in [3.63, 3.8) is 0 Å². The lowest BCUT2D eigenvalue weighted by Gasteiger charge is -2.07. The quantitative estimate of drug-likeness (QED) is 0.269. The van der Waals surface area contributed by atoms with Crippen LogP contribution in [-0.2, 0) is 0 Å². The lowest BCUT2D eigenvalue weighted by Crippen LogP contribution is -1.88. The Labute approximate surface area is 182 Å². The molecule has 3 heterocycles. The van der Waals surface area contributed by atoms with Gasteiger partial charge in [-0.3, -0.25) is 15.0 Å². The van der Waals surface area contributed by atoms with E-state index in [9.17, 15) is 0 Å². The van der Waals surface area contributed by atoms with Crippen molar-refractivity contribution in [1.29, 1.82) is 0 Å². The molecule has 0 aliphatic heterocycles. The van der Waals surface area contributed by atoms with Crippen LogP contribution in [0.5, 0.6) is 0 Å². The van der Waals surface area contributed by atoms with Crippen LogP contribution in [0.4, 0.5) is 0 Å². The second-order valence-corrected chi connectivity index (χ2v) is 8.06. The summed E-state index contributed by atoms with van der Waals surface area (Å²) in [6.45, 7) is 0. The minimum absolute atomic E-state index is 0.915. The van der Waals surface area contributed by atoms with E-state index in [0.717, 1.165) is 33.3 Å². The molecule has 0 N–H and O–H groups in total. The second-order valence-electron chi connectivity index (χ2n) is 6.81. The number of aromatic nitrogens is 3. The van der Waals surface area contributed by atoms with E-state index < -0.39 is 0 Å². The molecule has 0 aliphatic rings. The van der Waals surface area contributed by atoms with E-state index in [1.165, 1.54) is 14.7 Å². The third kappa shape index (κ3) is 3.76. The summed E-state index contributed by atoms with van der Waals surface area (Å²) in [4.78, 5) is 13.5. The normalized spacial score (nSPS) is 10.9. The van der Waals surface area contributed by atoms with Gasteiger partial charge in [-0.15, -0.1) is 0 Å². The first-order valence-electron chi connectivity index (χ1n) is 9.29. The molecule has 5 rings (SSSR count). The molecule has 0 bridgehead atoms. The summed E-state index contributed by atoms with van der Waals surface area (Å²) in [6.07, 6.45) is 7.40. The molecule has 5 aromatic rings. The number of hydrogen-bond donors (Lipinski definition) is 0. The molecular weight excluding hydrogens is 469 g/mol. The van der Waals surface area contributed by atoms with Crippen LogP contribution in [0, 0.1) is 3.57 Å². The highest BCUT2D eigenvalue weighted by Crippen LogP contribution is 2.28. The molecule has 0 saturated heterocycles. The van der Waals surface area contributed by atoms with Crippen LogP contribution in [0.2, 0.25) is 0 Å². The van der Waals surface area contributed by atoms with E-state index in [4.69, 9.17) is 4.98 Å². The maximum Gasteiger partial charge on any atom is 0.0717 e. The third-order valence-electron chi connectivity index (χ3n) is 4.92. The molecular formula is C25H16IN3. The maximum atomic E-state index is 4.70. The number of pyridine rings is 3. The summed E-state index contributed by atoms with van der Waals surface area (Å²) in [5, 5.41) is 1.12. The molecule has 0 aliphatic carbocycles. The van der Waals surface area contributed by atoms with Gasteiger partial charge in [0.05, 0.1) is 11.2 Å². The van der Waals surface area contributed by atoms with Gasteiger partial charge in [-0.2, -0.15) is 0 Å². The van der Waals surface area contributed by atoms with E-state index in [1.807, 2.05) is 36.8 Å². The number of nitrogens with zero attached hydrogens (tertiary/aromatic N) is 3.